The number of aromatic nitrogens is 2. The van der Waals surface area contributed by atoms with Crippen LogP contribution in [0.4, 0.5) is 4.79 Å². The average Bonchev–Trinajstić information content (AvgIpc) is 2.87. The Bertz CT molecular complexity index is 497. The van der Waals surface area contributed by atoms with E-state index >= 15 is 0 Å². The van der Waals surface area contributed by atoms with Gasteiger partial charge in [0.1, 0.15) is 6.04 Å². The minimum absolute atomic E-state index is 0.134. The Morgan fingerprint density at radius 2 is 2.21 bits per heavy atom. The zero-order valence-electron chi connectivity index (χ0n) is 10.0. The van der Waals surface area contributed by atoms with E-state index in [2.05, 4.69) is 15.3 Å². The molecule has 0 spiro atoms. The number of carbonyl (C=O) groups is 2. The van der Waals surface area contributed by atoms with E-state index in [9.17, 15) is 9.59 Å². The van der Waals surface area contributed by atoms with E-state index in [1.807, 2.05) is 0 Å². The maximum absolute atomic E-state index is 11.9. The van der Waals surface area contributed by atoms with Crippen LogP contribution in [0.1, 0.15) is 18.5 Å². The van der Waals surface area contributed by atoms with E-state index in [0.717, 1.165) is 4.90 Å². The highest BCUT2D eigenvalue weighted by Gasteiger charge is 2.33. The van der Waals surface area contributed by atoms with Crippen LogP contribution >= 0.6 is 11.6 Å². The minimum Gasteiger partial charge on any atom is -0.465 e. The summed E-state index contributed by atoms with van der Waals surface area (Å²) in [6, 6.07) is -0.632. The van der Waals surface area contributed by atoms with E-state index in [4.69, 9.17) is 16.7 Å². The molecule has 0 radical (unpaired) electrons. The lowest BCUT2D eigenvalue weighted by molar-refractivity contribution is -0.125. The van der Waals surface area contributed by atoms with Crippen LogP contribution in [-0.2, 0) is 11.3 Å². The van der Waals surface area contributed by atoms with E-state index < -0.39 is 12.1 Å². The summed E-state index contributed by atoms with van der Waals surface area (Å²) in [6.45, 7) is 0.523. The predicted molar refractivity (Wildman–Crippen MR) is 66.6 cm³/mol. The lowest BCUT2D eigenvalue weighted by atomic mass is 10.2. The summed E-state index contributed by atoms with van der Waals surface area (Å²) in [4.78, 5) is 31.9. The van der Waals surface area contributed by atoms with Crippen LogP contribution in [0.25, 0.3) is 0 Å². The molecule has 1 aliphatic heterocycles. The highest BCUT2D eigenvalue weighted by atomic mass is 35.5. The SMILES string of the molecule is O=C(NCc1nccnc1Cl)[C@@H]1CCCN1C(=O)O. The molecule has 1 aliphatic rings. The summed E-state index contributed by atoms with van der Waals surface area (Å²) < 4.78 is 0. The number of nitrogens with one attached hydrogen (secondary N) is 1. The number of likely N-dealkylation sites (tertiary alicyclic amines) is 1. The van der Waals surface area contributed by atoms with Gasteiger partial charge >= 0.3 is 6.09 Å². The van der Waals surface area contributed by atoms with Crippen molar-refractivity contribution in [2.24, 2.45) is 0 Å². The number of carboxylic acid groups (broad SMARTS) is 1. The van der Waals surface area contributed by atoms with Crippen molar-refractivity contribution >= 4 is 23.6 Å². The Hall–Kier alpha value is -1.89. The largest absolute Gasteiger partial charge is 0.465 e. The van der Waals surface area contributed by atoms with Crippen molar-refractivity contribution in [1.29, 1.82) is 0 Å². The van der Waals surface area contributed by atoms with Gasteiger partial charge in [-0.05, 0) is 12.8 Å². The second-order valence-corrected chi connectivity index (χ2v) is 4.50. The van der Waals surface area contributed by atoms with Gasteiger partial charge in [0.2, 0.25) is 5.91 Å². The van der Waals surface area contributed by atoms with Crippen molar-refractivity contribution in [2.45, 2.75) is 25.4 Å². The Morgan fingerprint density at radius 3 is 2.89 bits per heavy atom. The molecule has 19 heavy (non-hydrogen) atoms. The van der Waals surface area contributed by atoms with Crippen molar-refractivity contribution < 1.29 is 14.7 Å². The van der Waals surface area contributed by atoms with E-state index in [1.54, 1.807) is 0 Å². The molecular formula is C11H13ClN4O3. The van der Waals surface area contributed by atoms with Crippen LogP contribution in [0.5, 0.6) is 0 Å². The molecule has 1 saturated heterocycles. The number of hydrogen-bond donors (Lipinski definition) is 2. The second-order valence-electron chi connectivity index (χ2n) is 4.15. The van der Waals surface area contributed by atoms with Gasteiger partial charge in [0.15, 0.2) is 5.15 Å². The van der Waals surface area contributed by atoms with Gasteiger partial charge in [0.25, 0.3) is 0 Å². The molecule has 2 heterocycles. The average molecular weight is 285 g/mol. The van der Waals surface area contributed by atoms with Crippen molar-refractivity contribution in [3.63, 3.8) is 0 Å². The van der Waals surface area contributed by atoms with Crippen LogP contribution in [0.15, 0.2) is 12.4 Å². The van der Waals surface area contributed by atoms with Crippen molar-refractivity contribution in [3.05, 3.63) is 23.2 Å². The second kappa shape index (κ2) is 5.83. The Morgan fingerprint density at radius 1 is 1.47 bits per heavy atom. The summed E-state index contributed by atoms with van der Waals surface area (Å²) in [5, 5.41) is 11.8. The first-order valence-corrected chi connectivity index (χ1v) is 6.20. The number of nitrogens with zero attached hydrogens (tertiary/aromatic N) is 3. The molecule has 1 aromatic heterocycles. The molecule has 0 bridgehead atoms. The lowest BCUT2D eigenvalue weighted by Crippen LogP contribution is -2.45. The van der Waals surface area contributed by atoms with Crippen LogP contribution in [-0.4, -0.2) is 44.6 Å². The summed E-state index contributed by atoms with van der Waals surface area (Å²) in [5.74, 6) is -0.332. The van der Waals surface area contributed by atoms with Gasteiger partial charge in [-0.15, -0.1) is 0 Å². The molecule has 1 aromatic rings. The van der Waals surface area contributed by atoms with Gasteiger partial charge in [0, 0.05) is 18.9 Å². The van der Waals surface area contributed by atoms with Crippen LogP contribution in [0, 0.1) is 0 Å². The highest BCUT2D eigenvalue weighted by molar-refractivity contribution is 6.29. The van der Waals surface area contributed by atoms with Gasteiger partial charge in [-0.2, -0.15) is 0 Å². The van der Waals surface area contributed by atoms with Gasteiger partial charge < -0.3 is 10.4 Å². The molecule has 0 saturated carbocycles. The smallest absolute Gasteiger partial charge is 0.407 e. The number of rotatable bonds is 3. The van der Waals surface area contributed by atoms with E-state index in [0.29, 0.717) is 25.1 Å². The predicted octanol–water partition coefficient (Wildman–Crippen LogP) is 0.889. The number of carbonyl (C=O) groups excluding carboxylic acids is 1. The van der Waals surface area contributed by atoms with Crippen molar-refractivity contribution in [3.8, 4) is 0 Å². The molecule has 0 unspecified atom stereocenters. The molecule has 0 aromatic carbocycles. The van der Waals surface area contributed by atoms with Gasteiger partial charge in [0.05, 0.1) is 12.2 Å². The summed E-state index contributed by atoms with van der Waals surface area (Å²) in [7, 11) is 0. The highest BCUT2D eigenvalue weighted by Crippen LogP contribution is 2.17. The maximum atomic E-state index is 11.9. The molecule has 2 N–H and O–H groups in total. The topological polar surface area (TPSA) is 95.4 Å². The monoisotopic (exact) mass is 284 g/mol. The third-order valence-electron chi connectivity index (χ3n) is 2.95. The lowest BCUT2D eigenvalue weighted by Gasteiger charge is -2.20. The third kappa shape index (κ3) is 3.11. The fourth-order valence-corrected chi connectivity index (χ4v) is 2.20. The van der Waals surface area contributed by atoms with E-state index in [-0.39, 0.29) is 17.6 Å². The van der Waals surface area contributed by atoms with Gasteiger partial charge in [-0.25, -0.2) is 9.78 Å². The van der Waals surface area contributed by atoms with Crippen molar-refractivity contribution in [1.82, 2.24) is 20.2 Å². The number of halogens is 1. The normalized spacial score (nSPS) is 18.4. The molecule has 102 valence electrons. The fourth-order valence-electron chi connectivity index (χ4n) is 2.03. The quantitative estimate of drug-likeness (QED) is 0.859. The minimum atomic E-state index is -1.07. The first-order chi connectivity index (χ1) is 9.09. The third-order valence-corrected chi connectivity index (χ3v) is 3.27. The van der Waals surface area contributed by atoms with Crippen LogP contribution < -0.4 is 5.32 Å². The fraction of sp³-hybridized carbons (Fsp3) is 0.455. The Labute approximate surface area is 114 Å². The zero-order valence-corrected chi connectivity index (χ0v) is 10.8. The molecule has 8 heteroatoms. The summed E-state index contributed by atoms with van der Waals surface area (Å²) >= 11 is 5.82. The van der Waals surface area contributed by atoms with Crippen LogP contribution in [0.3, 0.4) is 0 Å². The van der Waals surface area contributed by atoms with Crippen molar-refractivity contribution in [2.75, 3.05) is 6.54 Å². The molecule has 2 amide bonds. The van der Waals surface area contributed by atoms with Gasteiger partial charge in [-0.3, -0.25) is 14.7 Å². The number of amides is 2. The molecular weight excluding hydrogens is 272 g/mol. The Kier molecular flexibility index (Phi) is 4.16. The molecule has 1 atom stereocenters. The Balaban J connectivity index is 1.95. The van der Waals surface area contributed by atoms with Crippen LogP contribution in [0.2, 0.25) is 5.15 Å². The first kappa shape index (κ1) is 13.5. The first-order valence-electron chi connectivity index (χ1n) is 5.82. The van der Waals surface area contributed by atoms with E-state index in [1.165, 1.54) is 12.4 Å². The molecule has 1 fully saturated rings. The molecule has 7 nitrogen and oxygen atoms in total. The standard InChI is InChI=1S/C11H13ClN4O3/c12-9-7(13-3-4-14-9)6-15-10(17)8-2-1-5-16(8)11(18)19/h3-4,8H,1-2,5-6H2,(H,15,17)(H,18,19)/t8-/m0/s1. The zero-order chi connectivity index (χ0) is 13.8. The summed E-state index contributed by atoms with van der Waals surface area (Å²) in [6.07, 6.45) is 3.08. The maximum Gasteiger partial charge on any atom is 0.407 e. The van der Waals surface area contributed by atoms with Gasteiger partial charge in [-0.1, -0.05) is 11.6 Å². The number of hydrogen-bond acceptors (Lipinski definition) is 4. The molecule has 0 aliphatic carbocycles. The summed E-state index contributed by atoms with van der Waals surface area (Å²) in [5.41, 5.74) is 0.456. The molecule has 2 rings (SSSR count).